The second-order valence-electron chi connectivity index (χ2n) is 3.40. The summed E-state index contributed by atoms with van der Waals surface area (Å²) in [5, 5.41) is 3.79. The van der Waals surface area contributed by atoms with Gasteiger partial charge in [-0.2, -0.15) is 0 Å². The van der Waals surface area contributed by atoms with E-state index in [-0.39, 0.29) is 0 Å². The fourth-order valence-corrected chi connectivity index (χ4v) is 1.74. The predicted octanol–water partition coefficient (Wildman–Crippen LogP) is 1.87. The van der Waals surface area contributed by atoms with E-state index in [1.165, 1.54) is 12.8 Å². The lowest BCUT2D eigenvalue weighted by molar-refractivity contribution is 0.276. The maximum atomic E-state index is 5.85. The molecule has 0 aliphatic carbocycles. The lowest BCUT2D eigenvalue weighted by Crippen LogP contribution is -2.28. The summed E-state index contributed by atoms with van der Waals surface area (Å²) in [6.45, 7) is 1.76. The highest BCUT2D eigenvalue weighted by molar-refractivity contribution is 6.30. The summed E-state index contributed by atoms with van der Waals surface area (Å²) in [7, 11) is 0. The average Bonchev–Trinajstić information content (AvgIpc) is 2.69. The summed E-state index contributed by atoms with van der Waals surface area (Å²) in [5.74, 6) is 0.669. The van der Waals surface area contributed by atoms with E-state index >= 15 is 0 Å². The van der Waals surface area contributed by atoms with Gasteiger partial charge in [-0.15, -0.1) is 0 Å². The number of pyridine rings is 1. The van der Waals surface area contributed by atoms with Crippen LogP contribution in [0.15, 0.2) is 18.3 Å². The number of halogens is 1. The molecule has 1 aliphatic rings. The number of ether oxygens (including phenoxy) is 1. The van der Waals surface area contributed by atoms with Gasteiger partial charge in [0, 0.05) is 12.2 Å². The number of hydrogen-bond acceptors (Lipinski definition) is 3. The third-order valence-corrected chi connectivity index (χ3v) is 2.61. The van der Waals surface area contributed by atoms with Crippen molar-refractivity contribution in [2.24, 2.45) is 0 Å². The van der Waals surface area contributed by atoms with Crippen molar-refractivity contribution in [1.29, 1.82) is 0 Å². The van der Waals surface area contributed by atoms with E-state index in [1.807, 2.05) is 12.1 Å². The van der Waals surface area contributed by atoms with Crippen LogP contribution in [0.1, 0.15) is 12.8 Å². The highest BCUT2D eigenvalue weighted by Gasteiger charge is 2.14. The first-order valence-corrected chi connectivity index (χ1v) is 5.21. The molecule has 2 rings (SSSR count). The van der Waals surface area contributed by atoms with Crippen LogP contribution in [0.2, 0.25) is 5.15 Å². The van der Waals surface area contributed by atoms with Crippen LogP contribution in [0, 0.1) is 0 Å². The molecule has 3 nitrogen and oxygen atoms in total. The quantitative estimate of drug-likeness (QED) is 0.777. The number of aromatic nitrogens is 1. The Balaban J connectivity index is 1.88. The van der Waals surface area contributed by atoms with Crippen molar-refractivity contribution in [1.82, 2.24) is 10.3 Å². The zero-order valence-corrected chi connectivity index (χ0v) is 8.63. The molecule has 0 spiro atoms. The normalized spacial score (nSPS) is 21.1. The zero-order valence-electron chi connectivity index (χ0n) is 7.87. The van der Waals surface area contributed by atoms with Crippen LogP contribution in [0.4, 0.5) is 0 Å². The van der Waals surface area contributed by atoms with Crippen LogP contribution in [0.25, 0.3) is 0 Å². The van der Waals surface area contributed by atoms with Crippen LogP contribution >= 0.6 is 11.6 Å². The van der Waals surface area contributed by atoms with Crippen molar-refractivity contribution in [2.75, 3.05) is 13.2 Å². The van der Waals surface area contributed by atoms with Crippen LogP contribution in [0.3, 0.4) is 0 Å². The maximum absolute atomic E-state index is 5.85. The van der Waals surface area contributed by atoms with Gasteiger partial charge in [0.25, 0.3) is 0 Å². The minimum Gasteiger partial charge on any atom is -0.489 e. The van der Waals surface area contributed by atoms with E-state index in [4.69, 9.17) is 16.3 Å². The summed E-state index contributed by atoms with van der Waals surface area (Å²) in [6, 6.07) is 4.12. The molecule has 0 unspecified atom stereocenters. The Morgan fingerprint density at radius 3 is 3.29 bits per heavy atom. The Kier molecular flexibility index (Phi) is 3.22. The summed E-state index contributed by atoms with van der Waals surface area (Å²) in [5.41, 5.74) is 0. The van der Waals surface area contributed by atoms with Gasteiger partial charge in [-0.3, -0.25) is 0 Å². The summed E-state index contributed by atoms with van der Waals surface area (Å²) in [4.78, 5) is 3.94. The number of nitrogens with one attached hydrogen (secondary N) is 1. The molecule has 0 saturated carbocycles. The molecule has 1 aromatic rings. The highest BCUT2D eigenvalue weighted by atomic mass is 35.5. The molecule has 1 saturated heterocycles. The average molecular weight is 213 g/mol. The van der Waals surface area contributed by atoms with Crippen molar-refractivity contribution in [2.45, 2.75) is 18.9 Å². The Hall–Kier alpha value is -0.800. The fourth-order valence-electron chi connectivity index (χ4n) is 1.57. The van der Waals surface area contributed by atoms with Gasteiger partial charge in [0.15, 0.2) is 10.9 Å². The Bertz CT molecular complexity index is 300. The summed E-state index contributed by atoms with van der Waals surface area (Å²) >= 11 is 5.85. The highest BCUT2D eigenvalue weighted by Crippen LogP contribution is 2.20. The van der Waals surface area contributed by atoms with Gasteiger partial charge in [0.1, 0.15) is 6.61 Å². The Morgan fingerprint density at radius 1 is 1.64 bits per heavy atom. The molecule has 2 heterocycles. The first kappa shape index (κ1) is 9.74. The molecule has 0 bridgehead atoms. The van der Waals surface area contributed by atoms with E-state index in [0.29, 0.717) is 23.6 Å². The molecule has 0 amide bonds. The molecule has 1 N–H and O–H groups in total. The van der Waals surface area contributed by atoms with Crippen molar-refractivity contribution in [3.63, 3.8) is 0 Å². The third-order valence-electron chi connectivity index (χ3n) is 2.33. The molecule has 1 aliphatic heterocycles. The van der Waals surface area contributed by atoms with E-state index in [9.17, 15) is 0 Å². The molecule has 1 aromatic heterocycles. The van der Waals surface area contributed by atoms with Crippen molar-refractivity contribution in [3.05, 3.63) is 23.5 Å². The van der Waals surface area contributed by atoms with Crippen LogP contribution in [0.5, 0.6) is 5.75 Å². The van der Waals surface area contributed by atoms with E-state index in [1.54, 1.807) is 6.20 Å². The minimum atomic E-state index is 0.436. The van der Waals surface area contributed by atoms with Gasteiger partial charge >= 0.3 is 0 Å². The van der Waals surface area contributed by atoms with Gasteiger partial charge in [-0.1, -0.05) is 11.6 Å². The first-order valence-electron chi connectivity index (χ1n) is 4.83. The summed E-state index contributed by atoms with van der Waals surface area (Å²) < 4.78 is 5.56. The van der Waals surface area contributed by atoms with Gasteiger partial charge in [0.05, 0.1) is 0 Å². The van der Waals surface area contributed by atoms with E-state index < -0.39 is 0 Å². The van der Waals surface area contributed by atoms with E-state index in [2.05, 4.69) is 10.3 Å². The van der Waals surface area contributed by atoms with Crippen molar-refractivity contribution < 1.29 is 4.74 Å². The Labute approximate surface area is 88.4 Å². The second kappa shape index (κ2) is 4.62. The molecule has 76 valence electrons. The van der Waals surface area contributed by atoms with Gasteiger partial charge in [-0.25, -0.2) is 4.98 Å². The standard InChI is InChI=1S/C10H13ClN2O/c11-10-9(4-2-6-13-10)14-7-8-3-1-5-12-8/h2,4,6,8,12H,1,3,5,7H2/t8-/m0/s1. The predicted molar refractivity (Wildman–Crippen MR) is 55.8 cm³/mol. The molecule has 14 heavy (non-hydrogen) atoms. The number of rotatable bonds is 3. The summed E-state index contributed by atoms with van der Waals surface area (Å²) in [6.07, 6.45) is 4.07. The van der Waals surface area contributed by atoms with Gasteiger partial charge in [0.2, 0.25) is 0 Å². The van der Waals surface area contributed by atoms with Crippen molar-refractivity contribution in [3.8, 4) is 5.75 Å². The zero-order chi connectivity index (χ0) is 9.80. The molecule has 1 atom stereocenters. The maximum Gasteiger partial charge on any atom is 0.171 e. The fraction of sp³-hybridized carbons (Fsp3) is 0.500. The van der Waals surface area contributed by atoms with Crippen molar-refractivity contribution >= 4 is 11.6 Å². The Morgan fingerprint density at radius 2 is 2.57 bits per heavy atom. The van der Waals surface area contributed by atoms with E-state index in [0.717, 1.165) is 6.54 Å². The molecular weight excluding hydrogens is 200 g/mol. The van der Waals surface area contributed by atoms with Crippen LogP contribution in [-0.2, 0) is 0 Å². The largest absolute Gasteiger partial charge is 0.489 e. The first-order chi connectivity index (χ1) is 6.86. The number of hydrogen-bond donors (Lipinski definition) is 1. The molecule has 4 heteroatoms. The molecule has 0 radical (unpaired) electrons. The minimum absolute atomic E-state index is 0.436. The van der Waals surface area contributed by atoms with Crippen LogP contribution in [-0.4, -0.2) is 24.2 Å². The lowest BCUT2D eigenvalue weighted by Gasteiger charge is -2.12. The van der Waals surface area contributed by atoms with Gasteiger partial charge < -0.3 is 10.1 Å². The molecule has 0 aromatic carbocycles. The third kappa shape index (κ3) is 2.36. The number of nitrogens with zero attached hydrogens (tertiary/aromatic N) is 1. The SMILES string of the molecule is Clc1ncccc1OC[C@@H]1CCCN1. The monoisotopic (exact) mass is 212 g/mol. The lowest BCUT2D eigenvalue weighted by atomic mass is 10.2. The topological polar surface area (TPSA) is 34.1 Å². The van der Waals surface area contributed by atoms with Gasteiger partial charge in [-0.05, 0) is 31.5 Å². The van der Waals surface area contributed by atoms with Crippen LogP contribution < -0.4 is 10.1 Å². The molecular formula is C10H13ClN2O. The second-order valence-corrected chi connectivity index (χ2v) is 3.75. The molecule has 1 fully saturated rings. The smallest absolute Gasteiger partial charge is 0.171 e.